The lowest BCUT2D eigenvalue weighted by Gasteiger charge is -2.07. The Kier molecular flexibility index (Phi) is 3.65. The van der Waals surface area contributed by atoms with Gasteiger partial charge in [-0.1, -0.05) is 27.5 Å². The highest BCUT2D eigenvalue weighted by molar-refractivity contribution is 9.08. The van der Waals surface area contributed by atoms with Crippen molar-refractivity contribution in [3.8, 4) is 0 Å². The third-order valence-corrected chi connectivity index (χ3v) is 2.59. The van der Waals surface area contributed by atoms with E-state index >= 15 is 0 Å². The zero-order chi connectivity index (χ0) is 11.6. The van der Waals surface area contributed by atoms with Crippen molar-refractivity contribution in [2.45, 2.75) is 5.33 Å². The Balaban J connectivity index is 3.56. The van der Waals surface area contributed by atoms with Gasteiger partial charge in [0.15, 0.2) is 0 Å². The van der Waals surface area contributed by atoms with Crippen LogP contribution in [0.4, 0.5) is 0 Å². The van der Waals surface area contributed by atoms with Gasteiger partial charge in [0.05, 0.1) is 11.1 Å². The molecule has 7 heteroatoms. The molecule has 0 aliphatic carbocycles. The quantitative estimate of drug-likeness (QED) is 0.658. The van der Waals surface area contributed by atoms with Crippen molar-refractivity contribution >= 4 is 39.5 Å². The van der Waals surface area contributed by atoms with Crippen LogP contribution < -0.4 is 0 Å². The molecule has 5 nitrogen and oxygen atoms in total. The minimum absolute atomic E-state index is 0.0192. The molecule has 0 aliphatic rings. The van der Waals surface area contributed by atoms with Crippen molar-refractivity contribution < 1.29 is 19.8 Å². The van der Waals surface area contributed by atoms with Crippen molar-refractivity contribution in [1.29, 1.82) is 0 Å². The van der Waals surface area contributed by atoms with E-state index in [1.807, 2.05) is 0 Å². The van der Waals surface area contributed by atoms with Crippen LogP contribution in [0.5, 0.6) is 0 Å². The molecule has 1 heterocycles. The van der Waals surface area contributed by atoms with E-state index in [4.69, 9.17) is 21.8 Å². The second-order valence-electron chi connectivity index (χ2n) is 2.56. The summed E-state index contributed by atoms with van der Waals surface area (Å²) in [7, 11) is 0. The SMILES string of the molecule is O=C(O)c1cnc(Cl)c(CBr)c1C(=O)O. The molecule has 15 heavy (non-hydrogen) atoms. The lowest BCUT2D eigenvalue weighted by Crippen LogP contribution is -2.12. The van der Waals surface area contributed by atoms with E-state index in [2.05, 4.69) is 20.9 Å². The summed E-state index contributed by atoms with van der Waals surface area (Å²) >= 11 is 8.68. The molecule has 0 saturated carbocycles. The number of aromatic carboxylic acids is 2. The van der Waals surface area contributed by atoms with E-state index < -0.39 is 11.9 Å². The fourth-order valence-corrected chi connectivity index (χ4v) is 1.98. The molecule has 0 bridgehead atoms. The Labute approximate surface area is 97.8 Å². The minimum atomic E-state index is -1.35. The van der Waals surface area contributed by atoms with Gasteiger partial charge in [0.1, 0.15) is 5.15 Å². The van der Waals surface area contributed by atoms with Crippen molar-refractivity contribution in [3.63, 3.8) is 0 Å². The van der Waals surface area contributed by atoms with Crippen LogP contribution in [-0.2, 0) is 5.33 Å². The number of pyridine rings is 1. The summed E-state index contributed by atoms with van der Waals surface area (Å²) in [4.78, 5) is 25.2. The van der Waals surface area contributed by atoms with Crippen LogP contribution in [0, 0.1) is 0 Å². The fourth-order valence-electron chi connectivity index (χ4n) is 1.06. The van der Waals surface area contributed by atoms with Crippen molar-refractivity contribution in [3.05, 3.63) is 28.0 Å². The van der Waals surface area contributed by atoms with Crippen LogP contribution in [0.15, 0.2) is 6.20 Å². The number of halogens is 2. The Bertz CT molecular complexity index is 435. The topological polar surface area (TPSA) is 87.5 Å². The Morgan fingerprint density at radius 1 is 1.40 bits per heavy atom. The zero-order valence-electron chi connectivity index (χ0n) is 7.20. The number of hydrogen-bond donors (Lipinski definition) is 2. The van der Waals surface area contributed by atoms with Gasteiger partial charge in [-0.2, -0.15) is 0 Å². The summed E-state index contributed by atoms with van der Waals surface area (Å²) in [5, 5.41) is 17.8. The number of hydrogen-bond acceptors (Lipinski definition) is 3. The van der Waals surface area contributed by atoms with Gasteiger partial charge in [-0.3, -0.25) is 0 Å². The Morgan fingerprint density at radius 3 is 2.40 bits per heavy atom. The molecule has 0 saturated heterocycles. The van der Waals surface area contributed by atoms with Gasteiger partial charge in [0, 0.05) is 17.1 Å². The summed E-state index contributed by atoms with van der Waals surface area (Å²) in [5.41, 5.74) is -0.551. The lowest BCUT2D eigenvalue weighted by molar-refractivity contribution is 0.0650. The first-order chi connectivity index (χ1) is 6.99. The van der Waals surface area contributed by atoms with Crippen molar-refractivity contribution in [2.75, 3.05) is 0 Å². The maximum absolute atomic E-state index is 10.9. The van der Waals surface area contributed by atoms with Gasteiger partial charge < -0.3 is 10.2 Å². The molecule has 2 N–H and O–H groups in total. The number of aromatic nitrogens is 1. The third kappa shape index (κ3) is 2.27. The second kappa shape index (κ2) is 4.59. The van der Waals surface area contributed by atoms with Gasteiger partial charge in [0.25, 0.3) is 0 Å². The standard InChI is InChI=1S/C8H5BrClNO4/c9-1-3-5(8(14)15)4(7(12)13)2-11-6(3)10/h2H,1H2,(H,12,13)(H,14,15). The van der Waals surface area contributed by atoms with Crippen LogP contribution in [0.2, 0.25) is 5.15 Å². The fraction of sp³-hybridized carbons (Fsp3) is 0.125. The average molecular weight is 294 g/mol. The Hall–Kier alpha value is -1.14. The molecule has 0 radical (unpaired) electrons. The average Bonchev–Trinajstić information content (AvgIpc) is 2.16. The molecule has 0 atom stereocenters. The zero-order valence-corrected chi connectivity index (χ0v) is 9.54. The lowest BCUT2D eigenvalue weighted by atomic mass is 10.1. The summed E-state index contributed by atoms with van der Waals surface area (Å²) in [6, 6.07) is 0. The highest BCUT2D eigenvalue weighted by Gasteiger charge is 2.22. The minimum Gasteiger partial charge on any atom is -0.478 e. The molecule has 0 amide bonds. The summed E-state index contributed by atoms with van der Waals surface area (Å²) in [6.07, 6.45) is 0.931. The monoisotopic (exact) mass is 293 g/mol. The predicted octanol–water partition coefficient (Wildman–Crippen LogP) is 2.03. The maximum Gasteiger partial charge on any atom is 0.338 e. The molecule has 1 aromatic heterocycles. The van der Waals surface area contributed by atoms with Crippen LogP contribution >= 0.6 is 27.5 Å². The van der Waals surface area contributed by atoms with E-state index in [9.17, 15) is 9.59 Å². The number of carboxylic acids is 2. The van der Waals surface area contributed by atoms with E-state index in [0.29, 0.717) is 0 Å². The van der Waals surface area contributed by atoms with Crippen LogP contribution in [0.25, 0.3) is 0 Å². The first-order valence-electron chi connectivity index (χ1n) is 3.69. The smallest absolute Gasteiger partial charge is 0.338 e. The van der Waals surface area contributed by atoms with Gasteiger partial charge in [-0.15, -0.1) is 0 Å². The predicted molar refractivity (Wildman–Crippen MR) is 55.8 cm³/mol. The Morgan fingerprint density at radius 2 is 2.00 bits per heavy atom. The first kappa shape index (κ1) is 11.9. The molecule has 1 rings (SSSR count). The third-order valence-electron chi connectivity index (χ3n) is 1.71. The second-order valence-corrected chi connectivity index (χ2v) is 3.48. The molecule has 0 fully saturated rings. The molecule has 1 aromatic rings. The highest BCUT2D eigenvalue weighted by atomic mass is 79.9. The van der Waals surface area contributed by atoms with Crippen LogP contribution in [0.3, 0.4) is 0 Å². The van der Waals surface area contributed by atoms with Gasteiger partial charge in [-0.05, 0) is 0 Å². The van der Waals surface area contributed by atoms with E-state index in [1.54, 1.807) is 0 Å². The van der Waals surface area contributed by atoms with Crippen LogP contribution in [0.1, 0.15) is 26.3 Å². The molecular formula is C8H5BrClNO4. The number of alkyl halides is 1. The largest absolute Gasteiger partial charge is 0.478 e. The van der Waals surface area contributed by atoms with E-state index in [0.717, 1.165) is 6.20 Å². The summed E-state index contributed by atoms with van der Waals surface area (Å²) in [5.74, 6) is -2.69. The summed E-state index contributed by atoms with van der Waals surface area (Å²) in [6.45, 7) is 0. The molecular weight excluding hydrogens is 289 g/mol. The molecule has 80 valence electrons. The van der Waals surface area contributed by atoms with Crippen molar-refractivity contribution in [1.82, 2.24) is 4.98 Å². The first-order valence-corrected chi connectivity index (χ1v) is 5.19. The highest BCUT2D eigenvalue weighted by Crippen LogP contribution is 2.23. The number of rotatable bonds is 3. The van der Waals surface area contributed by atoms with Gasteiger partial charge in [-0.25, -0.2) is 14.6 Å². The molecule has 0 aromatic carbocycles. The van der Waals surface area contributed by atoms with Gasteiger partial charge in [0.2, 0.25) is 0 Å². The van der Waals surface area contributed by atoms with Crippen molar-refractivity contribution in [2.24, 2.45) is 0 Å². The van der Waals surface area contributed by atoms with Crippen LogP contribution in [-0.4, -0.2) is 27.1 Å². The number of nitrogens with zero attached hydrogens (tertiary/aromatic N) is 1. The van der Waals surface area contributed by atoms with Gasteiger partial charge >= 0.3 is 11.9 Å². The maximum atomic E-state index is 10.9. The molecule has 0 unspecified atom stereocenters. The van der Waals surface area contributed by atoms with E-state index in [1.165, 1.54) is 0 Å². The summed E-state index contributed by atoms with van der Waals surface area (Å²) < 4.78 is 0. The molecule has 0 aliphatic heterocycles. The molecule has 0 spiro atoms. The number of carbonyl (C=O) groups is 2. The normalized spacial score (nSPS) is 10.0. The van der Waals surface area contributed by atoms with E-state index in [-0.39, 0.29) is 27.2 Å². The number of carboxylic acid groups (broad SMARTS) is 2.